The van der Waals surface area contributed by atoms with E-state index in [2.05, 4.69) is 5.32 Å². The summed E-state index contributed by atoms with van der Waals surface area (Å²) >= 11 is 0. The first kappa shape index (κ1) is 24.4. The first-order valence-corrected chi connectivity index (χ1v) is 9.86. The minimum atomic E-state index is -4.41. The largest absolute Gasteiger partial charge is 0.478 e. The number of benzene rings is 2. The number of carbonyl (C=O) groups is 2. The second-order valence-electron chi connectivity index (χ2n) is 7.72. The molecule has 2 aromatic rings. The second kappa shape index (κ2) is 9.96. The molecular formula is C23H26F3NO4. The van der Waals surface area contributed by atoms with Gasteiger partial charge in [0.05, 0.1) is 23.3 Å². The van der Waals surface area contributed by atoms with E-state index in [9.17, 15) is 22.8 Å². The zero-order valence-corrected chi connectivity index (χ0v) is 17.7. The van der Waals surface area contributed by atoms with Crippen molar-refractivity contribution in [2.24, 2.45) is 5.92 Å². The molecule has 0 saturated carbocycles. The summed E-state index contributed by atoms with van der Waals surface area (Å²) in [6, 6.07) is 10.5. The molecule has 31 heavy (non-hydrogen) atoms. The van der Waals surface area contributed by atoms with Gasteiger partial charge in [-0.05, 0) is 55.2 Å². The van der Waals surface area contributed by atoms with E-state index < -0.39 is 29.9 Å². The third-order valence-corrected chi connectivity index (χ3v) is 4.94. The van der Waals surface area contributed by atoms with Crippen LogP contribution in [0.15, 0.2) is 48.5 Å². The van der Waals surface area contributed by atoms with Gasteiger partial charge in [0.25, 0.3) is 0 Å². The molecule has 0 bridgehead atoms. The first-order chi connectivity index (χ1) is 14.4. The summed E-state index contributed by atoms with van der Waals surface area (Å²) < 4.78 is 44.2. The molecule has 3 atom stereocenters. The Labute approximate surface area is 179 Å². The highest BCUT2D eigenvalue weighted by atomic mass is 19.4. The quantitative estimate of drug-likeness (QED) is 0.581. The number of rotatable bonds is 8. The van der Waals surface area contributed by atoms with E-state index in [0.717, 1.165) is 17.7 Å². The summed E-state index contributed by atoms with van der Waals surface area (Å²) in [7, 11) is 0. The number of alkyl halides is 3. The number of carbonyl (C=O) groups excluding carboxylic acids is 1. The van der Waals surface area contributed by atoms with Crippen molar-refractivity contribution in [1.29, 1.82) is 0 Å². The molecule has 1 unspecified atom stereocenters. The standard InChI is InChI=1S/C23H26F3NO4/c1-13(2)20(31-15(4)17-9-11-19(12-10-17)23(24,25)26)21(28)27-14(3)16-5-7-18(8-6-16)22(29)30/h5-15,20H,1-4H3,(H,27,28)(H,29,30)/t14-,15?,20+/m0/s1. The Morgan fingerprint density at radius 2 is 1.42 bits per heavy atom. The Morgan fingerprint density at radius 3 is 1.87 bits per heavy atom. The Balaban J connectivity index is 2.06. The normalized spacial score (nSPS) is 14.7. The number of amides is 1. The Kier molecular flexibility index (Phi) is 7.84. The number of ether oxygens (including phenoxy) is 1. The Morgan fingerprint density at radius 1 is 0.903 bits per heavy atom. The van der Waals surface area contributed by atoms with Gasteiger partial charge in [0, 0.05) is 0 Å². The zero-order chi connectivity index (χ0) is 23.3. The summed E-state index contributed by atoms with van der Waals surface area (Å²) in [5.74, 6) is -1.57. The molecule has 0 saturated heterocycles. The molecule has 0 heterocycles. The lowest BCUT2D eigenvalue weighted by atomic mass is 10.0. The van der Waals surface area contributed by atoms with Crippen LogP contribution in [0.5, 0.6) is 0 Å². The van der Waals surface area contributed by atoms with Gasteiger partial charge in [-0.15, -0.1) is 0 Å². The van der Waals surface area contributed by atoms with Crippen LogP contribution >= 0.6 is 0 Å². The molecule has 8 heteroatoms. The van der Waals surface area contributed by atoms with Crippen molar-refractivity contribution in [3.63, 3.8) is 0 Å². The van der Waals surface area contributed by atoms with Crippen LogP contribution in [0.2, 0.25) is 0 Å². The van der Waals surface area contributed by atoms with Gasteiger partial charge in [-0.25, -0.2) is 4.79 Å². The number of halogens is 3. The van der Waals surface area contributed by atoms with Crippen molar-refractivity contribution in [1.82, 2.24) is 5.32 Å². The average molecular weight is 437 g/mol. The van der Waals surface area contributed by atoms with Crippen molar-refractivity contribution < 1.29 is 32.6 Å². The van der Waals surface area contributed by atoms with Gasteiger partial charge >= 0.3 is 12.1 Å². The van der Waals surface area contributed by atoms with Crippen molar-refractivity contribution in [2.75, 3.05) is 0 Å². The van der Waals surface area contributed by atoms with Gasteiger partial charge in [-0.2, -0.15) is 13.2 Å². The third-order valence-electron chi connectivity index (χ3n) is 4.94. The maximum absolute atomic E-state index is 12.8. The lowest BCUT2D eigenvalue weighted by Gasteiger charge is -2.27. The van der Waals surface area contributed by atoms with Crippen LogP contribution < -0.4 is 5.32 Å². The molecule has 2 rings (SSSR count). The minimum Gasteiger partial charge on any atom is -0.478 e. The monoisotopic (exact) mass is 437 g/mol. The SMILES string of the molecule is CC(O[C@@H](C(=O)N[C@@H](C)c1ccc(C(=O)O)cc1)C(C)C)c1ccc(C(F)(F)F)cc1. The van der Waals surface area contributed by atoms with Crippen molar-refractivity contribution in [3.8, 4) is 0 Å². The van der Waals surface area contributed by atoms with Gasteiger partial charge in [-0.3, -0.25) is 4.79 Å². The lowest BCUT2D eigenvalue weighted by Crippen LogP contribution is -2.41. The second-order valence-corrected chi connectivity index (χ2v) is 7.72. The summed E-state index contributed by atoms with van der Waals surface area (Å²) in [4.78, 5) is 23.8. The fourth-order valence-corrected chi connectivity index (χ4v) is 3.06. The third kappa shape index (κ3) is 6.55. The average Bonchev–Trinajstić information content (AvgIpc) is 2.70. The first-order valence-electron chi connectivity index (χ1n) is 9.86. The van der Waals surface area contributed by atoms with E-state index in [4.69, 9.17) is 9.84 Å². The van der Waals surface area contributed by atoms with Crippen LogP contribution in [-0.4, -0.2) is 23.1 Å². The molecule has 2 aromatic carbocycles. The number of carboxylic acids is 1. The highest BCUT2D eigenvalue weighted by molar-refractivity contribution is 5.87. The summed E-state index contributed by atoms with van der Waals surface area (Å²) in [6.07, 6.45) is -5.83. The van der Waals surface area contributed by atoms with E-state index in [0.29, 0.717) is 5.56 Å². The van der Waals surface area contributed by atoms with Crippen LogP contribution in [0.4, 0.5) is 13.2 Å². The van der Waals surface area contributed by atoms with E-state index in [1.54, 1.807) is 26.0 Å². The molecule has 5 nitrogen and oxygen atoms in total. The maximum Gasteiger partial charge on any atom is 0.416 e. The summed E-state index contributed by atoms with van der Waals surface area (Å²) in [5.41, 5.74) is 0.667. The van der Waals surface area contributed by atoms with Crippen LogP contribution in [-0.2, 0) is 15.7 Å². The zero-order valence-electron chi connectivity index (χ0n) is 17.7. The van der Waals surface area contributed by atoms with Gasteiger partial charge in [0.15, 0.2) is 0 Å². The van der Waals surface area contributed by atoms with Gasteiger partial charge < -0.3 is 15.2 Å². The summed E-state index contributed by atoms with van der Waals surface area (Å²) in [5, 5.41) is 11.8. The van der Waals surface area contributed by atoms with Gasteiger partial charge in [-0.1, -0.05) is 38.1 Å². The molecule has 168 valence electrons. The predicted molar refractivity (Wildman–Crippen MR) is 110 cm³/mol. The predicted octanol–water partition coefficient (Wildman–Crippen LogP) is 5.38. The molecule has 1 amide bonds. The molecular weight excluding hydrogens is 411 g/mol. The van der Waals surface area contributed by atoms with Crippen LogP contribution in [0.3, 0.4) is 0 Å². The molecule has 0 spiro atoms. The van der Waals surface area contributed by atoms with E-state index in [1.807, 2.05) is 13.8 Å². The van der Waals surface area contributed by atoms with E-state index >= 15 is 0 Å². The Bertz CT molecular complexity index is 893. The molecule has 0 aliphatic carbocycles. The number of hydrogen-bond acceptors (Lipinski definition) is 3. The number of nitrogens with one attached hydrogen (secondary N) is 1. The van der Waals surface area contributed by atoms with Gasteiger partial charge in [0.2, 0.25) is 5.91 Å². The van der Waals surface area contributed by atoms with Crippen LogP contribution in [0, 0.1) is 5.92 Å². The lowest BCUT2D eigenvalue weighted by molar-refractivity contribution is -0.140. The van der Waals surface area contributed by atoms with Crippen molar-refractivity contribution in [3.05, 3.63) is 70.8 Å². The molecule has 0 radical (unpaired) electrons. The molecule has 0 aromatic heterocycles. The Hall–Kier alpha value is -2.87. The fourth-order valence-electron chi connectivity index (χ4n) is 3.06. The highest BCUT2D eigenvalue weighted by Gasteiger charge is 2.31. The van der Waals surface area contributed by atoms with E-state index in [1.165, 1.54) is 24.3 Å². The van der Waals surface area contributed by atoms with Crippen molar-refractivity contribution >= 4 is 11.9 Å². The molecule has 0 fully saturated rings. The number of aromatic carboxylic acids is 1. The smallest absolute Gasteiger partial charge is 0.416 e. The molecule has 0 aliphatic heterocycles. The van der Waals surface area contributed by atoms with Gasteiger partial charge in [0.1, 0.15) is 6.10 Å². The molecule has 2 N–H and O–H groups in total. The molecule has 0 aliphatic rings. The van der Waals surface area contributed by atoms with Crippen LogP contribution in [0.1, 0.15) is 66.9 Å². The number of hydrogen-bond donors (Lipinski definition) is 2. The minimum absolute atomic E-state index is 0.149. The summed E-state index contributed by atoms with van der Waals surface area (Å²) in [6.45, 7) is 7.08. The number of carboxylic acid groups (broad SMARTS) is 1. The van der Waals surface area contributed by atoms with Crippen LogP contribution in [0.25, 0.3) is 0 Å². The van der Waals surface area contributed by atoms with E-state index in [-0.39, 0.29) is 23.4 Å². The topological polar surface area (TPSA) is 75.6 Å². The fraction of sp³-hybridized carbons (Fsp3) is 0.391. The highest BCUT2D eigenvalue weighted by Crippen LogP contribution is 2.31. The maximum atomic E-state index is 12.8. The van der Waals surface area contributed by atoms with Crippen molar-refractivity contribution in [2.45, 2.75) is 52.1 Å².